The van der Waals surface area contributed by atoms with E-state index in [1.807, 2.05) is 6.20 Å². The number of anilines is 1. The summed E-state index contributed by atoms with van der Waals surface area (Å²) in [4.78, 5) is 18.0. The molecule has 1 saturated heterocycles. The number of nitrogens with zero attached hydrogens (tertiary/aromatic N) is 5. The van der Waals surface area contributed by atoms with Crippen LogP contribution in [-0.4, -0.2) is 53.1 Å². The number of thiazole rings is 1. The summed E-state index contributed by atoms with van der Waals surface area (Å²) in [6.07, 6.45) is 7.39. The topological polar surface area (TPSA) is 54.4 Å². The quantitative estimate of drug-likeness (QED) is 0.830. The maximum absolute atomic E-state index is 5.21. The third kappa shape index (κ3) is 2.98. The van der Waals surface area contributed by atoms with Crippen molar-refractivity contribution in [2.45, 2.75) is 31.8 Å². The lowest BCUT2D eigenvalue weighted by Crippen LogP contribution is -2.38. The van der Waals surface area contributed by atoms with Gasteiger partial charge in [-0.25, -0.2) is 9.97 Å². The van der Waals surface area contributed by atoms with Crippen molar-refractivity contribution in [3.05, 3.63) is 28.8 Å². The zero-order valence-corrected chi connectivity index (χ0v) is 15.0. The third-order valence-electron chi connectivity index (χ3n) is 5.42. The summed E-state index contributed by atoms with van der Waals surface area (Å²) in [5, 5.41) is 3.26. The third-order valence-corrected chi connectivity index (χ3v) is 6.18. The van der Waals surface area contributed by atoms with Gasteiger partial charge in [-0.1, -0.05) is 0 Å². The van der Waals surface area contributed by atoms with Gasteiger partial charge in [0.25, 0.3) is 0 Å². The molecule has 6 nitrogen and oxygen atoms in total. The molecule has 1 aliphatic carbocycles. The molecule has 7 heteroatoms. The van der Waals surface area contributed by atoms with Crippen molar-refractivity contribution in [1.29, 1.82) is 0 Å². The number of aromatic nitrogens is 3. The first-order valence-electron chi connectivity index (χ1n) is 8.41. The van der Waals surface area contributed by atoms with Gasteiger partial charge in [-0.05, 0) is 31.7 Å². The van der Waals surface area contributed by atoms with E-state index in [1.54, 1.807) is 30.7 Å². The number of hydrogen-bond acceptors (Lipinski definition) is 7. The summed E-state index contributed by atoms with van der Waals surface area (Å²) >= 11 is 1.74. The summed E-state index contributed by atoms with van der Waals surface area (Å²) in [6.45, 7) is 3.01. The fourth-order valence-corrected chi connectivity index (χ4v) is 4.57. The molecule has 128 valence electrons. The molecule has 4 rings (SSSR count). The highest BCUT2D eigenvalue weighted by Crippen LogP contribution is 2.56. The van der Waals surface area contributed by atoms with E-state index in [-0.39, 0.29) is 0 Å². The lowest BCUT2D eigenvalue weighted by molar-refractivity contribution is 0.238. The average molecular weight is 345 g/mol. The maximum Gasteiger partial charge on any atom is 0.228 e. The highest BCUT2D eigenvalue weighted by molar-refractivity contribution is 7.09. The van der Waals surface area contributed by atoms with Gasteiger partial charge >= 0.3 is 0 Å². The Morgan fingerprint density at radius 2 is 2.17 bits per heavy atom. The predicted molar refractivity (Wildman–Crippen MR) is 94.5 cm³/mol. The van der Waals surface area contributed by atoms with Crippen LogP contribution in [0, 0.1) is 5.41 Å². The second kappa shape index (κ2) is 6.29. The first-order chi connectivity index (χ1) is 11.7. The van der Waals surface area contributed by atoms with Crippen molar-refractivity contribution in [3.63, 3.8) is 0 Å². The van der Waals surface area contributed by atoms with Gasteiger partial charge in [0.2, 0.25) is 11.8 Å². The summed E-state index contributed by atoms with van der Waals surface area (Å²) in [5.74, 6) is 1.42. The van der Waals surface area contributed by atoms with Gasteiger partial charge in [0, 0.05) is 43.0 Å². The monoisotopic (exact) mass is 345 g/mol. The average Bonchev–Trinajstić information content (AvgIpc) is 3.07. The standard InChI is InChI=1S/C17H23N5OS/c1-21(12-15-18-7-10-24-15)13-11-17(13)4-8-22(9-5-17)16-19-6-3-14(20-16)23-2/h3,6-7,10,13H,4-5,8-9,11-12H2,1-2H3/t13-/m0/s1. The van der Waals surface area contributed by atoms with E-state index in [4.69, 9.17) is 4.74 Å². The normalized spacial score (nSPS) is 22.1. The molecule has 0 amide bonds. The van der Waals surface area contributed by atoms with Crippen molar-refractivity contribution in [2.75, 3.05) is 32.1 Å². The molecular weight excluding hydrogens is 322 g/mol. The Labute approximate surface area is 146 Å². The molecule has 0 N–H and O–H groups in total. The van der Waals surface area contributed by atoms with E-state index in [1.165, 1.54) is 24.3 Å². The molecule has 24 heavy (non-hydrogen) atoms. The molecule has 0 bridgehead atoms. The Hall–Kier alpha value is -1.73. The van der Waals surface area contributed by atoms with Gasteiger partial charge in [0.1, 0.15) is 5.01 Å². The van der Waals surface area contributed by atoms with Crippen LogP contribution in [0.4, 0.5) is 5.95 Å². The minimum atomic E-state index is 0.487. The van der Waals surface area contributed by atoms with Crippen LogP contribution < -0.4 is 9.64 Å². The SMILES string of the molecule is COc1ccnc(N2CCC3(CC2)C[C@@H]3N(C)Cc2nccs2)n1. The van der Waals surface area contributed by atoms with Crippen molar-refractivity contribution in [1.82, 2.24) is 19.9 Å². The fourth-order valence-electron chi connectivity index (χ4n) is 3.89. The number of rotatable bonds is 5. The second-order valence-corrected chi connectivity index (χ2v) is 7.79. The van der Waals surface area contributed by atoms with Crippen molar-refractivity contribution >= 4 is 17.3 Å². The Morgan fingerprint density at radius 1 is 1.33 bits per heavy atom. The molecule has 2 aromatic heterocycles. The molecule has 1 saturated carbocycles. The van der Waals surface area contributed by atoms with Crippen LogP contribution in [0.25, 0.3) is 0 Å². The minimum absolute atomic E-state index is 0.487. The van der Waals surface area contributed by atoms with Gasteiger partial charge in [-0.3, -0.25) is 4.90 Å². The molecule has 3 heterocycles. The van der Waals surface area contributed by atoms with Gasteiger partial charge in [-0.15, -0.1) is 11.3 Å². The second-order valence-electron chi connectivity index (χ2n) is 6.81. The van der Waals surface area contributed by atoms with Crippen LogP contribution in [0.1, 0.15) is 24.3 Å². The van der Waals surface area contributed by atoms with E-state index >= 15 is 0 Å². The number of piperidine rings is 1. The van der Waals surface area contributed by atoms with E-state index < -0.39 is 0 Å². The maximum atomic E-state index is 5.21. The van der Waals surface area contributed by atoms with E-state index in [0.717, 1.165) is 25.6 Å². The van der Waals surface area contributed by atoms with Gasteiger partial charge in [0.15, 0.2) is 0 Å². The summed E-state index contributed by atoms with van der Waals surface area (Å²) < 4.78 is 5.21. The Kier molecular flexibility index (Phi) is 4.14. The fraction of sp³-hybridized carbons (Fsp3) is 0.588. The van der Waals surface area contributed by atoms with Crippen LogP contribution in [0.15, 0.2) is 23.8 Å². The smallest absolute Gasteiger partial charge is 0.228 e. The molecule has 1 spiro atoms. The van der Waals surface area contributed by atoms with Crippen LogP contribution in [0.5, 0.6) is 5.88 Å². The van der Waals surface area contributed by atoms with Crippen LogP contribution in [0.2, 0.25) is 0 Å². The lowest BCUT2D eigenvalue weighted by atomic mass is 9.92. The number of methoxy groups -OCH3 is 1. The molecule has 1 aliphatic heterocycles. The molecule has 2 aromatic rings. The Balaban J connectivity index is 1.35. The lowest BCUT2D eigenvalue weighted by Gasteiger charge is -2.34. The van der Waals surface area contributed by atoms with Crippen molar-refractivity contribution in [3.8, 4) is 5.88 Å². The highest BCUT2D eigenvalue weighted by Gasteiger charge is 2.56. The molecule has 0 radical (unpaired) electrons. The summed E-state index contributed by atoms with van der Waals surface area (Å²) in [5.41, 5.74) is 0.487. The summed E-state index contributed by atoms with van der Waals surface area (Å²) in [7, 11) is 3.88. The van der Waals surface area contributed by atoms with Crippen molar-refractivity contribution < 1.29 is 4.74 Å². The van der Waals surface area contributed by atoms with E-state index in [9.17, 15) is 0 Å². The zero-order valence-electron chi connectivity index (χ0n) is 14.2. The highest BCUT2D eigenvalue weighted by atomic mass is 32.1. The number of ether oxygens (including phenoxy) is 1. The molecule has 0 unspecified atom stereocenters. The zero-order chi connectivity index (χ0) is 16.6. The van der Waals surface area contributed by atoms with Crippen molar-refractivity contribution in [2.24, 2.45) is 5.41 Å². The van der Waals surface area contributed by atoms with Gasteiger partial charge < -0.3 is 9.64 Å². The molecule has 1 atom stereocenters. The Morgan fingerprint density at radius 3 is 2.88 bits per heavy atom. The van der Waals surface area contributed by atoms with Crippen LogP contribution in [-0.2, 0) is 6.54 Å². The first kappa shape index (κ1) is 15.8. The first-order valence-corrected chi connectivity index (χ1v) is 9.29. The molecule has 2 aliphatic rings. The molecule has 0 aromatic carbocycles. The number of hydrogen-bond donors (Lipinski definition) is 0. The van der Waals surface area contributed by atoms with Crippen LogP contribution in [0.3, 0.4) is 0 Å². The molecular formula is C17H23N5OS. The van der Waals surface area contributed by atoms with Crippen LogP contribution >= 0.6 is 11.3 Å². The summed E-state index contributed by atoms with van der Waals surface area (Å²) in [6, 6.07) is 2.48. The molecule has 2 fully saturated rings. The Bertz CT molecular complexity index is 684. The largest absolute Gasteiger partial charge is 0.481 e. The predicted octanol–water partition coefficient (Wildman–Crippen LogP) is 2.43. The van der Waals surface area contributed by atoms with E-state index in [0.29, 0.717) is 17.3 Å². The minimum Gasteiger partial charge on any atom is -0.481 e. The van der Waals surface area contributed by atoms with E-state index in [2.05, 4.69) is 37.2 Å². The van der Waals surface area contributed by atoms with Gasteiger partial charge in [0.05, 0.1) is 13.7 Å². The van der Waals surface area contributed by atoms with Gasteiger partial charge in [-0.2, -0.15) is 4.98 Å².